The van der Waals surface area contributed by atoms with Crippen LogP contribution >= 0.6 is 11.6 Å². The molecule has 0 spiro atoms. The van der Waals surface area contributed by atoms with E-state index in [4.69, 9.17) is 20.8 Å². The highest BCUT2D eigenvalue weighted by Gasteiger charge is 2.23. The van der Waals surface area contributed by atoms with Gasteiger partial charge in [0.15, 0.2) is 6.73 Å². The van der Waals surface area contributed by atoms with Gasteiger partial charge >= 0.3 is 5.63 Å². The molecule has 2 aromatic carbocycles. The first-order chi connectivity index (χ1) is 12.5. The van der Waals surface area contributed by atoms with Crippen molar-refractivity contribution in [1.29, 1.82) is 0 Å². The number of benzene rings is 2. The summed E-state index contributed by atoms with van der Waals surface area (Å²) in [7, 11) is 0. The summed E-state index contributed by atoms with van der Waals surface area (Å²) >= 11 is 6.28. The van der Waals surface area contributed by atoms with Crippen LogP contribution in [0.3, 0.4) is 0 Å². The average molecular weight is 370 g/mol. The van der Waals surface area contributed by atoms with Crippen molar-refractivity contribution in [2.24, 2.45) is 0 Å². The van der Waals surface area contributed by atoms with Gasteiger partial charge in [-0.05, 0) is 55.7 Å². The van der Waals surface area contributed by atoms with E-state index in [1.165, 1.54) is 0 Å². The largest absolute Gasteiger partial charge is 0.473 e. The summed E-state index contributed by atoms with van der Waals surface area (Å²) in [5, 5.41) is 1.69. The van der Waals surface area contributed by atoms with Gasteiger partial charge in [0.1, 0.15) is 11.3 Å². The molecule has 0 atom stereocenters. The van der Waals surface area contributed by atoms with Crippen LogP contribution in [0.1, 0.15) is 29.2 Å². The van der Waals surface area contributed by atoms with Crippen molar-refractivity contribution >= 4 is 28.3 Å². The zero-order chi connectivity index (χ0) is 18.4. The van der Waals surface area contributed by atoms with E-state index in [0.717, 1.165) is 44.1 Å². The average Bonchev–Trinajstić information content (AvgIpc) is 2.64. The molecule has 26 heavy (non-hydrogen) atoms. The summed E-state index contributed by atoms with van der Waals surface area (Å²) in [5.41, 5.74) is 4.98. The maximum absolute atomic E-state index is 12.4. The molecule has 0 bridgehead atoms. The van der Waals surface area contributed by atoms with Crippen molar-refractivity contribution in [2.45, 2.75) is 33.7 Å². The molecule has 3 aromatic rings. The second-order valence-electron chi connectivity index (χ2n) is 6.67. The Balaban J connectivity index is 1.84. The second kappa shape index (κ2) is 6.36. The third-order valence-corrected chi connectivity index (χ3v) is 5.52. The molecule has 1 aliphatic heterocycles. The van der Waals surface area contributed by atoms with E-state index in [1.807, 2.05) is 51.1 Å². The highest BCUT2D eigenvalue weighted by atomic mass is 35.5. The van der Waals surface area contributed by atoms with Crippen LogP contribution < -0.4 is 15.3 Å². The Morgan fingerprint density at radius 3 is 2.73 bits per heavy atom. The van der Waals surface area contributed by atoms with Crippen LogP contribution in [0.2, 0.25) is 5.02 Å². The molecular weight excluding hydrogens is 350 g/mol. The number of anilines is 1. The van der Waals surface area contributed by atoms with Gasteiger partial charge in [-0.1, -0.05) is 24.6 Å². The molecule has 4 rings (SSSR count). The number of hydrogen-bond donors (Lipinski definition) is 0. The summed E-state index contributed by atoms with van der Waals surface area (Å²) < 4.78 is 11.6. The number of aryl methyl sites for hydroxylation is 2. The monoisotopic (exact) mass is 369 g/mol. The molecule has 1 aromatic heterocycles. The van der Waals surface area contributed by atoms with Gasteiger partial charge in [0.25, 0.3) is 0 Å². The van der Waals surface area contributed by atoms with Crippen LogP contribution in [0, 0.1) is 13.8 Å². The Morgan fingerprint density at radius 2 is 2.00 bits per heavy atom. The van der Waals surface area contributed by atoms with Crippen molar-refractivity contribution in [3.8, 4) is 5.75 Å². The summed E-state index contributed by atoms with van der Waals surface area (Å²) in [5.74, 6) is 0.763. The summed E-state index contributed by atoms with van der Waals surface area (Å²) in [6, 6.07) is 9.89. The first kappa shape index (κ1) is 17.0. The molecule has 4 nitrogen and oxygen atoms in total. The van der Waals surface area contributed by atoms with Crippen molar-refractivity contribution in [3.63, 3.8) is 0 Å². The number of hydrogen-bond acceptors (Lipinski definition) is 4. The van der Waals surface area contributed by atoms with Gasteiger partial charge in [-0.15, -0.1) is 0 Å². The van der Waals surface area contributed by atoms with Crippen LogP contribution in [0.4, 0.5) is 5.69 Å². The van der Waals surface area contributed by atoms with Gasteiger partial charge in [0.2, 0.25) is 0 Å². The first-order valence-corrected chi connectivity index (χ1v) is 9.09. The fraction of sp³-hybridized carbons (Fsp3) is 0.286. The maximum Gasteiger partial charge on any atom is 0.339 e. The topological polar surface area (TPSA) is 42.7 Å². The minimum absolute atomic E-state index is 0.263. The fourth-order valence-corrected chi connectivity index (χ4v) is 3.69. The number of ether oxygens (including phenoxy) is 1. The van der Waals surface area contributed by atoms with Gasteiger partial charge in [0.05, 0.1) is 12.1 Å². The lowest BCUT2D eigenvalue weighted by Gasteiger charge is -2.31. The quantitative estimate of drug-likeness (QED) is 0.597. The molecule has 5 heteroatoms. The van der Waals surface area contributed by atoms with E-state index in [1.54, 1.807) is 0 Å². The summed E-state index contributed by atoms with van der Waals surface area (Å²) in [6.45, 7) is 6.94. The Hall–Kier alpha value is -2.46. The summed E-state index contributed by atoms with van der Waals surface area (Å²) in [4.78, 5) is 14.4. The smallest absolute Gasteiger partial charge is 0.339 e. The van der Waals surface area contributed by atoms with Gasteiger partial charge in [-0.3, -0.25) is 0 Å². The predicted molar refractivity (Wildman–Crippen MR) is 104 cm³/mol. The minimum Gasteiger partial charge on any atom is -0.473 e. The molecule has 0 saturated carbocycles. The maximum atomic E-state index is 12.4. The number of fused-ring (bicyclic) bond motifs is 3. The Labute approximate surface area is 156 Å². The zero-order valence-electron chi connectivity index (χ0n) is 15.1. The lowest BCUT2D eigenvalue weighted by Crippen LogP contribution is -2.32. The molecule has 0 saturated heterocycles. The molecule has 0 radical (unpaired) electrons. The SMILES string of the molecule is CCc1c(C)c2ccc3c(c2oc1=O)CN(c1ccc(C)c(Cl)c1)CO3. The second-order valence-corrected chi connectivity index (χ2v) is 7.08. The molecule has 0 unspecified atom stereocenters. The number of halogens is 1. The molecule has 0 N–H and O–H groups in total. The van der Waals surface area contributed by atoms with E-state index in [2.05, 4.69) is 4.90 Å². The third kappa shape index (κ3) is 2.65. The number of rotatable bonds is 2. The van der Waals surface area contributed by atoms with Gasteiger partial charge in [-0.25, -0.2) is 4.79 Å². The molecule has 0 aliphatic carbocycles. The van der Waals surface area contributed by atoms with Crippen LogP contribution in [0.25, 0.3) is 11.0 Å². The molecular formula is C21H20ClNO3. The highest BCUT2D eigenvalue weighted by Crippen LogP contribution is 2.35. The third-order valence-electron chi connectivity index (χ3n) is 5.11. The minimum atomic E-state index is -0.263. The molecule has 0 amide bonds. The Morgan fingerprint density at radius 1 is 1.19 bits per heavy atom. The van der Waals surface area contributed by atoms with Gasteiger partial charge in [0, 0.05) is 21.7 Å². The highest BCUT2D eigenvalue weighted by molar-refractivity contribution is 6.31. The van der Waals surface area contributed by atoms with E-state index < -0.39 is 0 Å². The van der Waals surface area contributed by atoms with E-state index in [9.17, 15) is 4.79 Å². The van der Waals surface area contributed by atoms with Gasteiger partial charge < -0.3 is 14.1 Å². The van der Waals surface area contributed by atoms with Crippen LogP contribution in [0.5, 0.6) is 5.75 Å². The summed E-state index contributed by atoms with van der Waals surface area (Å²) in [6.07, 6.45) is 0.658. The van der Waals surface area contributed by atoms with Crippen molar-refractivity contribution < 1.29 is 9.15 Å². The first-order valence-electron chi connectivity index (χ1n) is 8.71. The Bertz CT molecular complexity index is 1070. The normalized spacial score (nSPS) is 13.6. The van der Waals surface area contributed by atoms with Crippen LogP contribution in [-0.4, -0.2) is 6.73 Å². The van der Waals surface area contributed by atoms with E-state index in [0.29, 0.717) is 25.3 Å². The fourth-order valence-electron chi connectivity index (χ4n) is 3.51. The van der Waals surface area contributed by atoms with Crippen LogP contribution in [0.15, 0.2) is 39.5 Å². The van der Waals surface area contributed by atoms with Crippen LogP contribution in [-0.2, 0) is 13.0 Å². The number of nitrogens with zero attached hydrogens (tertiary/aromatic N) is 1. The lowest BCUT2D eigenvalue weighted by molar-refractivity contribution is 0.289. The Kier molecular flexibility index (Phi) is 4.16. The van der Waals surface area contributed by atoms with Gasteiger partial charge in [-0.2, -0.15) is 0 Å². The molecule has 1 aliphatic rings. The van der Waals surface area contributed by atoms with Crippen molar-refractivity contribution in [1.82, 2.24) is 0 Å². The zero-order valence-corrected chi connectivity index (χ0v) is 15.8. The molecule has 2 heterocycles. The molecule has 0 fully saturated rings. The predicted octanol–water partition coefficient (Wildman–Crippen LogP) is 4.98. The van der Waals surface area contributed by atoms with Crippen molar-refractivity contribution in [3.05, 3.63) is 68.0 Å². The standard InChI is InChI=1S/C21H20ClNO3/c1-4-15-13(3)16-7-8-19-17(20(16)26-21(15)24)10-23(11-25-19)14-6-5-12(2)18(22)9-14/h5-9H,4,10-11H2,1-3H3. The van der Waals surface area contributed by atoms with E-state index >= 15 is 0 Å². The van der Waals surface area contributed by atoms with E-state index in [-0.39, 0.29) is 5.63 Å². The molecule has 134 valence electrons. The lowest BCUT2D eigenvalue weighted by atomic mass is 10.0. The van der Waals surface area contributed by atoms with Crippen molar-refractivity contribution in [2.75, 3.05) is 11.6 Å².